The van der Waals surface area contributed by atoms with E-state index in [1.165, 1.54) is 39.4 Å². The number of hydrogen-bond donors (Lipinski definition) is 2. The fourth-order valence-electron chi connectivity index (χ4n) is 2.68. The van der Waals surface area contributed by atoms with Gasteiger partial charge in [0.15, 0.2) is 0 Å². The number of sulfonamides is 1. The predicted octanol–water partition coefficient (Wildman–Crippen LogP) is 2.79. The quantitative estimate of drug-likeness (QED) is 0.666. The van der Waals surface area contributed by atoms with Crippen molar-refractivity contribution in [2.24, 2.45) is 0 Å². The van der Waals surface area contributed by atoms with Crippen molar-refractivity contribution in [2.75, 3.05) is 26.5 Å². The highest BCUT2D eigenvalue weighted by Crippen LogP contribution is 2.27. The zero-order valence-electron chi connectivity index (χ0n) is 17.7. The van der Waals surface area contributed by atoms with Crippen LogP contribution in [-0.2, 0) is 14.8 Å². The lowest BCUT2D eigenvalue weighted by Gasteiger charge is -2.17. The summed E-state index contributed by atoms with van der Waals surface area (Å²) < 4.78 is 31.3. The number of rotatable bonds is 8. The lowest BCUT2D eigenvalue weighted by atomic mass is 10.1. The van der Waals surface area contributed by atoms with Crippen LogP contribution in [0.15, 0.2) is 47.4 Å². The van der Waals surface area contributed by atoms with Gasteiger partial charge in [-0.25, -0.2) is 12.7 Å². The first kappa shape index (κ1) is 23.4. The number of amides is 2. The minimum Gasteiger partial charge on any atom is -0.495 e. The molecule has 162 valence electrons. The van der Waals surface area contributed by atoms with Crippen molar-refractivity contribution in [1.29, 1.82) is 0 Å². The Bertz CT molecular complexity index is 1020. The second kappa shape index (κ2) is 9.73. The van der Waals surface area contributed by atoms with Gasteiger partial charge in [0.05, 0.1) is 13.2 Å². The van der Waals surface area contributed by atoms with E-state index in [4.69, 9.17) is 4.74 Å². The number of ether oxygens (including phenoxy) is 1. The Morgan fingerprint density at radius 1 is 1.10 bits per heavy atom. The summed E-state index contributed by atoms with van der Waals surface area (Å²) >= 11 is 0. The number of nitrogens with one attached hydrogen (secondary N) is 2. The van der Waals surface area contributed by atoms with E-state index in [9.17, 15) is 18.0 Å². The topological polar surface area (TPSA) is 105 Å². The number of nitrogens with zero attached hydrogens (tertiary/aromatic N) is 1. The Labute approximate surface area is 177 Å². The summed E-state index contributed by atoms with van der Waals surface area (Å²) in [5.74, 6) is -0.325. The summed E-state index contributed by atoms with van der Waals surface area (Å²) in [4.78, 5) is 24.1. The highest BCUT2D eigenvalue weighted by molar-refractivity contribution is 7.89. The Morgan fingerprint density at radius 3 is 2.27 bits per heavy atom. The van der Waals surface area contributed by atoms with Crippen molar-refractivity contribution in [3.05, 3.63) is 53.6 Å². The average Bonchev–Trinajstić information content (AvgIpc) is 2.73. The molecule has 2 N–H and O–H groups in total. The highest BCUT2D eigenvalue weighted by atomic mass is 32.2. The van der Waals surface area contributed by atoms with Gasteiger partial charge in [-0.2, -0.15) is 0 Å². The monoisotopic (exact) mass is 433 g/mol. The van der Waals surface area contributed by atoms with E-state index in [0.29, 0.717) is 12.1 Å². The van der Waals surface area contributed by atoms with Crippen molar-refractivity contribution in [3.63, 3.8) is 0 Å². The molecular formula is C21H27N3O5S. The molecule has 0 bridgehead atoms. The molecule has 0 saturated carbocycles. The minimum absolute atomic E-state index is 0.0768. The molecule has 0 radical (unpaired) electrons. The largest absolute Gasteiger partial charge is 0.495 e. The fraction of sp³-hybridized carbons (Fsp3) is 0.333. The lowest BCUT2D eigenvalue weighted by molar-refractivity contribution is -0.115. The first-order valence-electron chi connectivity index (χ1n) is 9.41. The van der Waals surface area contributed by atoms with Crippen LogP contribution in [0.3, 0.4) is 0 Å². The van der Waals surface area contributed by atoms with Crippen LogP contribution in [0.2, 0.25) is 0 Å². The molecule has 0 fully saturated rings. The molecule has 2 aromatic carbocycles. The third-order valence-corrected chi connectivity index (χ3v) is 6.38. The molecule has 0 aliphatic heterocycles. The Balaban J connectivity index is 2.20. The molecule has 2 rings (SSSR count). The Morgan fingerprint density at radius 2 is 1.73 bits per heavy atom. The first-order valence-corrected chi connectivity index (χ1v) is 10.8. The van der Waals surface area contributed by atoms with Crippen LogP contribution in [0.5, 0.6) is 5.75 Å². The van der Waals surface area contributed by atoms with E-state index >= 15 is 0 Å². The van der Waals surface area contributed by atoms with Gasteiger partial charge in [-0.05, 0) is 42.8 Å². The van der Waals surface area contributed by atoms with Gasteiger partial charge in [0, 0.05) is 31.8 Å². The second-order valence-electron chi connectivity index (χ2n) is 6.87. The fourth-order valence-corrected chi connectivity index (χ4v) is 3.76. The summed E-state index contributed by atoms with van der Waals surface area (Å²) in [5, 5.41) is 5.62. The van der Waals surface area contributed by atoms with Crippen LogP contribution in [0.4, 0.5) is 5.69 Å². The molecule has 0 spiro atoms. The van der Waals surface area contributed by atoms with E-state index < -0.39 is 15.9 Å². The van der Waals surface area contributed by atoms with Gasteiger partial charge in [0.1, 0.15) is 10.6 Å². The normalized spacial score (nSPS) is 12.3. The van der Waals surface area contributed by atoms with Gasteiger partial charge < -0.3 is 15.4 Å². The molecule has 8 nitrogen and oxygen atoms in total. The summed E-state index contributed by atoms with van der Waals surface area (Å²) in [7, 11) is 0.420. The maximum absolute atomic E-state index is 12.7. The van der Waals surface area contributed by atoms with E-state index in [0.717, 1.165) is 9.87 Å². The molecule has 30 heavy (non-hydrogen) atoms. The molecule has 2 amide bonds. The van der Waals surface area contributed by atoms with Gasteiger partial charge in [-0.1, -0.05) is 19.1 Å². The third-order valence-electron chi connectivity index (χ3n) is 4.55. The number of hydrogen-bond acceptors (Lipinski definition) is 5. The van der Waals surface area contributed by atoms with E-state index in [1.54, 1.807) is 19.1 Å². The van der Waals surface area contributed by atoms with Crippen molar-refractivity contribution in [2.45, 2.75) is 31.2 Å². The number of anilines is 1. The number of methoxy groups -OCH3 is 1. The van der Waals surface area contributed by atoms with Crippen molar-refractivity contribution in [3.8, 4) is 5.75 Å². The number of carbonyl (C=O) groups excluding carboxylic acids is 2. The maximum atomic E-state index is 12.7. The predicted molar refractivity (Wildman–Crippen MR) is 115 cm³/mol. The molecule has 0 saturated heterocycles. The average molecular weight is 434 g/mol. The smallest absolute Gasteiger partial charge is 0.251 e. The van der Waals surface area contributed by atoms with Crippen molar-refractivity contribution >= 4 is 27.5 Å². The molecule has 2 aromatic rings. The summed E-state index contributed by atoms with van der Waals surface area (Å²) in [5.41, 5.74) is 1.72. The number of carbonyl (C=O) groups is 2. The highest BCUT2D eigenvalue weighted by Gasteiger charge is 2.24. The van der Waals surface area contributed by atoms with Gasteiger partial charge in [-0.15, -0.1) is 0 Å². The molecule has 0 heterocycles. The van der Waals surface area contributed by atoms with Gasteiger partial charge in [0.25, 0.3) is 5.91 Å². The summed E-state index contributed by atoms with van der Waals surface area (Å²) in [6, 6.07) is 11.1. The minimum atomic E-state index is -3.78. The second-order valence-corrected chi connectivity index (χ2v) is 8.99. The SMILES string of the molecule is CCC(=O)Nc1ccc(C(C)NC(=O)c2ccc(OC)c(S(=O)(=O)N(C)C)c2)cc1. The third kappa shape index (κ3) is 5.37. The zero-order chi connectivity index (χ0) is 22.5. The first-order chi connectivity index (χ1) is 14.1. The van der Waals surface area contributed by atoms with Crippen molar-refractivity contribution in [1.82, 2.24) is 9.62 Å². The van der Waals surface area contributed by atoms with Gasteiger partial charge in [-0.3, -0.25) is 9.59 Å². The van der Waals surface area contributed by atoms with Gasteiger partial charge >= 0.3 is 0 Å². The van der Waals surface area contributed by atoms with E-state index in [1.807, 2.05) is 19.1 Å². The van der Waals surface area contributed by atoms with E-state index in [2.05, 4.69) is 10.6 Å². The van der Waals surface area contributed by atoms with Crippen molar-refractivity contribution < 1.29 is 22.7 Å². The maximum Gasteiger partial charge on any atom is 0.251 e. The lowest BCUT2D eigenvalue weighted by Crippen LogP contribution is -2.27. The number of benzene rings is 2. The van der Waals surface area contributed by atoms with Gasteiger partial charge in [0.2, 0.25) is 15.9 Å². The van der Waals surface area contributed by atoms with Crippen LogP contribution in [0.1, 0.15) is 42.2 Å². The van der Waals surface area contributed by atoms with Crippen LogP contribution in [0, 0.1) is 0 Å². The Hall–Kier alpha value is -2.91. The van der Waals surface area contributed by atoms with Crippen LogP contribution in [0.25, 0.3) is 0 Å². The van der Waals surface area contributed by atoms with Crippen LogP contribution >= 0.6 is 0 Å². The molecule has 1 atom stereocenters. The zero-order valence-corrected chi connectivity index (χ0v) is 18.5. The molecule has 0 aromatic heterocycles. The van der Waals surface area contributed by atoms with E-state index in [-0.39, 0.29) is 28.2 Å². The molecule has 1 unspecified atom stereocenters. The molecular weight excluding hydrogens is 406 g/mol. The molecule has 0 aliphatic carbocycles. The van der Waals surface area contributed by atoms with Crippen LogP contribution < -0.4 is 15.4 Å². The summed E-state index contributed by atoms with van der Waals surface area (Å²) in [6.45, 7) is 3.59. The molecule has 0 aliphatic rings. The Kier molecular flexibility index (Phi) is 7.58. The summed E-state index contributed by atoms with van der Waals surface area (Å²) in [6.07, 6.45) is 0.390. The standard InChI is InChI=1S/C21H27N3O5S/c1-6-20(25)23-17-10-7-15(8-11-17)14(2)22-21(26)16-9-12-18(29-5)19(13-16)30(27,28)24(3)4/h7-14H,6H2,1-5H3,(H,22,26)(H,23,25). The van der Waals surface area contributed by atoms with Crippen LogP contribution in [-0.4, -0.2) is 45.7 Å². The molecule has 9 heteroatoms.